The van der Waals surface area contributed by atoms with E-state index < -0.39 is 6.10 Å². The molecule has 0 spiro atoms. The molecule has 1 fully saturated rings. The number of benzene rings is 2. The van der Waals surface area contributed by atoms with Gasteiger partial charge in [-0.05, 0) is 30.7 Å². The molecule has 3 aromatic rings. The molecule has 0 aliphatic carbocycles. The summed E-state index contributed by atoms with van der Waals surface area (Å²) in [6, 6.07) is 15.8. The van der Waals surface area contributed by atoms with Crippen molar-refractivity contribution >= 4 is 16.9 Å². The molecule has 1 amide bonds. The van der Waals surface area contributed by atoms with Crippen molar-refractivity contribution in [1.82, 2.24) is 14.5 Å². The van der Waals surface area contributed by atoms with Crippen LogP contribution in [0.4, 0.5) is 0 Å². The van der Waals surface area contributed by atoms with Gasteiger partial charge in [0.1, 0.15) is 6.61 Å². The Kier molecular flexibility index (Phi) is 3.55. The zero-order valence-electron chi connectivity index (χ0n) is 14.2. The average molecular weight is 349 g/mol. The quantitative estimate of drug-likeness (QED) is 0.714. The zero-order chi connectivity index (χ0) is 17.5. The van der Waals surface area contributed by atoms with E-state index in [-0.39, 0.29) is 18.6 Å². The van der Waals surface area contributed by atoms with Crippen LogP contribution in [-0.4, -0.2) is 46.2 Å². The lowest BCUT2D eigenvalue weighted by Crippen LogP contribution is -2.45. The van der Waals surface area contributed by atoms with Crippen LogP contribution < -0.4 is 9.47 Å². The molecule has 2 aliphatic heterocycles. The Balaban J connectivity index is 1.31. The van der Waals surface area contributed by atoms with Crippen molar-refractivity contribution in [2.45, 2.75) is 18.6 Å². The van der Waals surface area contributed by atoms with Crippen LogP contribution in [0.2, 0.25) is 0 Å². The first-order chi connectivity index (χ1) is 12.8. The summed E-state index contributed by atoms with van der Waals surface area (Å²) in [4.78, 5) is 19.2. The molecular formula is C20H19N3O3. The summed E-state index contributed by atoms with van der Waals surface area (Å²) < 4.78 is 13.7. The third-order valence-corrected chi connectivity index (χ3v) is 5.13. The number of amides is 1. The van der Waals surface area contributed by atoms with Crippen LogP contribution >= 0.6 is 0 Å². The van der Waals surface area contributed by atoms with Crippen LogP contribution in [0.3, 0.4) is 0 Å². The smallest absolute Gasteiger partial charge is 0.267 e. The molecule has 132 valence electrons. The molecule has 6 nitrogen and oxygen atoms in total. The van der Waals surface area contributed by atoms with E-state index in [1.54, 1.807) is 0 Å². The van der Waals surface area contributed by atoms with E-state index >= 15 is 0 Å². The number of carbonyl (C=O) groups excluding carboxylic acids is 1. The summed E-state index contributed by atoms with van der Waals surface area (Å²) in [5, 5.41) is 0. The number of carbonyl (C=O) groups is 1. The number of para-hydroxylation sites is 4. The number of likely N-dealkylation sites (tertiary alicyclic amines) is 1. The van der Waals surface area contributed by atoms with Crippen LogP contribution in [0, 0.1) is 0 Å². The van der Waals surface area contributed by atoms with E-state index in [2.05, 4.69) is 15.6 Å². The van der Waals surface area contributed by atoms with Crippen LogP contribution in [0.1, 0.15) is 12.5 Å². The van der Waals surface area contributed by atoms with Gasteiger partial charge in [0.25, 0.3) is 5.91 Å². The molecule has 0 bridgehead atoms. The second-order valence-electron chi connectivity index (χ2n) is 6.73. The van der Waals surface area contributed by atoms with Gasteiger partial charge in [-0.3, -0.25) is 4.79 Å². The van der Waals surface area contributed by atoms with Crippen molar-refractivity contribution in [2.75, 3.05) is 19.7 Å². The minimum atomic E-state index is -0.580. The maximum Gasteiger partial charge on any atom is 0.267 e. The molecule has 1 saturated heterocycles. The Bertz CT molecular complexity index is 968. The van der Waals surface area contributed by atoms with E-state index in [1.807, 2.05) is 53.7 Å². The number of hydrogen-bond acceptors (Lipinski definition) is 4. The molecule has 2 unspecified atom stereocenters. The average Bonchev–Trinajstić information content (AvgIpc) is 3.34. The molecule has 6 heteroatoms. The minimum absolute atomic E-state index is 0.00794. The monoisotopic (exact) mass is 349 g/mol. The largest absolute Gasteiger partial charge is 0.485 e. The lowest BCUT2D eigenvalue weighted by molar-refractivity contribution is -0.140. The predicted molar refractivity (Wildman–Crippen MR) is 96.3 cm³/mol. The van der Waals surface area contributed by atoms with Crippen molar-refractivity contribution < 1.29 is 14.3 Å². The van der Waals surface area contributed by atoms with Gasteiger partial charge in [0.2, 0.25) is 6.10 Å². The highest BCUT2D eigenvalue weighted by Crippen LogP contribution is 2.32. The molecule has 0 radical (unpaired) electrons. The maximum atomic E-state index is 12.9. The Morgan fingerprint density at radius 2 is 1.88 bits per heavy atom. The summed E-state index contributed by atoms with van der Waals surface area (Å²) in [6.45, 7) is 1.64. The summed E-state index contributed by atoms with van der Waals surface area (Å²) in [5.41, 5.74) is 2.09. The molecule has 26 heavy (non-hydrogen) atoms. The number of ether oxygens (including phenoxy) is 2. The van der Waals surface area contributed by atoms with E-state index in [4.69, 9.17) is 9.47 Å². The summed E-state index contributed by atoms with van der Waals surface area (Å²) in [7, 11) is 0. The van der Waals surface area contributed by atoms with Crippen LogP contribution in [0.5, 0.6) is 11.5 Å². The number of imidazole rings is 1. The normalized spacial score (nSPS) is 21.9. The first-order valence-corrected chi connectivity index (χ1v) is 8.88. The number of nitrogens with zero attached hydrogens (tertiary/aromatic N) is 3. The summed E-state index contributed by atoms with van der Waals surface area (Å²) in [6.07, 6.45) is 2.21. The molecule has 0 saturated carbocycles. The Morgan fingerprint density at radius 1 is 1.08 bits per heavy atom. The van der Waals surface area contributed by atoms with E-state index in [0.717, 1.165) is 24.0 Å². The fraction of sp³-hybridized carbons (Fsp3) is 0.300. The lowest BCUT2D eigenvalue weighted by Gasteiger charge is -2.28. The van der Waals surface area contributed by atoms with E-state index in [0.29, 0.717) is 18.0 Å². The van der Waals surface area contributed by atoms with Gasteiger partial charge in [0.05, 0.1) is 23.4 Å². The standard InChI is InChI=1S/C20H19N3O3/c24-20(19-12-25-17-7-3-4-8-18(17)26-19)22-10-9-14(11-22)23-13-21-15-5-1-2-6-16(15)23/h1-8,13-14,19H,9-12H2. The Morgan fingerprint density at radius 3 is 2.81 bits per heavy atom. The molecular weight excluding hydrogens is 330 g/mol. The van der Waals surface area contributed by atoms with Gasteiger partial charge in [0, 0.05) is 13.1 Å². The van der Waals surface area contributed by atoms with Gasteiger partial charge in [-0.25, -0.2) is 4.98 Å². The molecule has 2 atom stereocenters. The van der Waals surface area contributed by atoms with E-state index in [1.165, 1.54) is 0 Å². The third kappa shape index (κ3) is 2.49. The first-order valence-electron chi connectivity index (χ1n) is 8.88. The van der Waals surface area contributed by atoms with Crippen molar-refractivity contribution in [1.29, 1.82) is 0 Å². The summed E-state index contributed by atoms with van der Waals surface area (Å²) >= 11 is 0. The van der Waals surface area contributed by atoms with E-state index in [9.17, 15) is 4.79 Å². The van der Waals surface area contributed by atoms with Gasteiger partial charge in [0.15, 0.2) is 11.5 Å². The number of fused-ring (bicyclic) bond motifs is 2. The zero-order valence-corrected chi connectivity index (χ0v) is 14.2. The van der Waals surface area contributed by atoms with Crippen molar-refractivity contribution in [2.24, 2.45) is 0 Å². The maximum absolute atomic E-state index is 12.9. The third-order valence-electron chi connectivity index (χ3n) is 5.13. The second kappa shape index (κ2) is 6.05. The fourth-order valence-electron chi connectivity index (χ4n) is 3.78. The Hall–Kier alpha value is -3.02. The first kappa shape index (κ1) is 15.3. The lowest BCUT2D eigenvalue weighted by atomic mass is 10.2. The van der Waals surface area contributed by atoms with Gasteiger partial charge < -0.3 is 18.9 Å². The van der Waals surface area contributed by atoms with Crippen LogP contribution in [0.15, 0.2) is 54.9 Å². The van der Waals surface area contributed by atoms with Crippen molar-refractivity contribution in [3.63, 3.8) is 0 Å². The molecule has 5 rings (SSSR count). The summed E-state index contributed by atoms with van der Waals surface area (Å²) in [5.74, 6) is 1.32. The van der Waals surface area contributed by atoms with Gasteiger partial charge in [-0.1, -0.05) is 24.3 Å². The molecule has 0 N–H and O–H groups in total. The SMILES string of the molecule is O=C(C1COc2ccccc2O1)N1CCC(n2cnc3ccccc32)C1. The molecule has 2 aliphatic rings. The highest BCUT2D eigenvalue weighted by atomic mass is 16.6. The van der Waals surface area contributed by atoms with Crippen molar-refractivity contribution in [3.05, 3.63) is 54.9 Å². The van der Waals surface area contributed by atoms with Crippen LogP contribution in [0.25, 0.3) is 11.0 Å². The number of hydrogen-bond donors (Lipinski definition) is 0. The topological polar surface area (TPSA) is 56.6 Å². The van der Waals surface area contributed by atoms with Crippen LogP contribution in [-0.2, 0) is 4.79 Å². The van der Waals surface area contributed by atoms with Gasteiger partial charge in [-0.2, -0.15) is 0 Å². The minimum Gasteiger partial charge on any atom is -0.485 e. The fourth-order valence-corrected chi connectivity index (χ4v) is 3.78. The predicted octanol–water partition coefficient (Wildman–Crippen LogP) is 2.65. The van der Waals surface area contributed by atoms with Gasteiger partial charge >= 0.3 is 0 Å². The van der Waals surface area contributed by atoms with Crippen molar-refractivity contribution in [3.8, 4) is 11.5 Å². The molecule has 1 aromatic heterocycles. The highest BCUT2D eigenvalue weighted by Gasteiger charge is 2.35. The second-order valence-corrected chi connectivity index (χ2v) is 6.73. The number of aromatic nitrogens is 2. The Labute approximate surface area is 151 Å². The molecule has 2 aromatic carbocycles. The molecule has 3 heterocycles. The highest BCUT2D eigenvalue weighted by molar-refractivity contribution is 5.82. The number of rotatable bonds is 2. The van der Waals surface area contributed by atoms with Gasteiger partial charge in [-0.15, -0.1) is 0 Å².